The van der Waals surface area contributed by atoms with Gasteiger partial charge in [-0.05, 0) is 36.8 Å². The predicted molar refractivity (Wildman–Crippen MR) is 66.3 cm³/mol. The molecule has 94 valence electrons. The molecule has 1 aromatic carbocycles. The van der Waals surface area contributed by atoms with E-state index in [0.717, 1.165) is 25.7 Å². The summed E-state index contributed by atoms with van der Waals surface area (Å²) in [5, 5.41) is 0. The van der Waals surface area contributed by atoms with Crippen LogP contribution in [-0.2, 0) is 6.42 Å². The number of hydrogen-bond acceptors (Lipinski definition) is 0. The average molecular weight is 259 g/mol. The van der Waals surface area contributed by atoms with Crippen LogP contribution in [0.2, 0.25) is 0 Å². The average Bonchev–Trinajstić information content (AvgIpc) is 2.35. The SMILES string of the molecule is Fc1cccc(F)c1CC1(CCl)CCCCC1. The Morgan fingerprint density at radius 3 is 2.18 bits per heavy atom. The highest BCUT2D eigenvalue weighted by Gasteiger charge is 2.33. The maximum atomic E-state index is 13.6. The topological polar surface area (TPSA) is 0 Å². The summed E-state index contributed by atoms with van der Waals surface area (Å²) in [6.07, 6.45) is 5.81. The number of hydrogen-bond donors (Lipinski definition) is 0. The first kappa shape index (κ1) is 12.8. The van der Waals surface area contributed by atoms with E-state index in [1.807, 2.05) is 0 Å². The van der Waals surface area contributed by atoms with Crippen molar-refractivity contribution in [1.82, 2.24) is 0 Å². The molecule has 0 radical (unpaired) electrons. The van der Waals surface area contributed by atoms with E-state index in [-0.39, 0.29) is 11.0 Å². The van der Waals surface area contributed by atoms with Gasteiger partial charge in [-0.3, -0.25) is 0 Å². The molecular weight excluding hydrogens is 242 g/mol. The standard InChI is InChI=1S/C14H17ClF2/c15-10-14(7-2-1-3-8-14)9-11-12(16)5-4-6-13(11)17/h4-6H,1-3,7-10H2. The zero-order valence-electron chi connectivity index (χ0n) is 9.82. The highest BCUT2D eigenvalue weighted by molar-refractivity contribution is 6.18. The molecule has 1 aliphatic rings. The lowest BCUT2D eigenvalue weighted by molar-refractivity contribution is 0.215. The minimum Gasteiger partial charge on any atom is -0.207 e. The van der Waals surface area contributed by atoms with Gasteiger partial charge in [0, 0.05) is 11.4 Å². The lowest BCUT2D eigenvalue weighted by Crippen LogP contribution is -2.29. The van der Waals surface area contributed by atoms with Crippen LogP contribution in [0.15, 0.2) is 18.2 Å². The molecule has 0 heterocycles. The Morgan fingerprint density at radius 2 is 1.65 bits per heavy atom. The fourth-order valence-electron chi connectivity index (χ4n) is 2.74. The molecule has 1 aliphatic carbocycles. The van der Waals surface area contributed by atoms with Gasteiger partial charge in [-0.15, -0.1) is 11.6 Å². The van der Waals surface area contributed by atoms with Gasteiger partial charge in [0.15, 0.2) is 0 Å². The van der Waals surface area contributed by atoms with Crippen LogP contribution in [0.3, 0.4) is 0 Å². The third-order valence-corrected chi connectivity index (χ3v) is 4.38. The summed E-state index contributed by atoms with van der Waals surface area (Å²) in [5.74, 6) is -0.402. The second kappa shape index (κ2) is 5.34. The van der Waals surface area contributed by atoms with Crippen LogP contribution in [-0.4, -0.2) is 5.88 Å². The Morgan fingerprint density at radius 1 is 1.06 bits per heavy atom. The highest BCUT2D eigenvalue weighted by atomic mass is 35.5. The molecule has 0 amide bonds. The molecule has 0 aliphatic heterocycles. The minimum atomic E-state index is -0.444. The lowest BCUT2D eigenvalue weighted by atomic mass is 9.71. The van der Waals surface area contributed by atoms with Gasteiger partial charge < -0.3 is 0 Å². The molecule has 1 fully saturated rings. The van der Waals surface area contributed by atoms with Crippen molar-refractivity contribution in [3.8, 4) is 0 Å². The van der Waals surface area contributed by atoms with Crippen LogP contribution in [0.5, 0.6) is 0 Å². The third-order valence-electron chi connectivity index (χ3n) is 3.81. The zero-order chi connectivity index (χ0) is 12.3. The van der Waals surface area contributed by atoms with Gasteiger partial charge in [-0.2, -0.15) is 0 Å². The van der Waals surface area contributed by atoms with Gasteiger partial charge in [0.25, 0.3) is 0 Å². The van der Waals surface area contributed by atoms with Gasteiger partial charge >= 0.3 is 0 Å². The summed E-state index contributed by atoms with van der Waals surface area (Å²) in [6, 6.07) is 4.05. The van der Waals surface area contributed by atoms with E-state index in [9.17, 15) is 8.78 Å². The minimum absolute atomic E-state index is 0.108. The number of rotatable bonds is 3. The van der Waals surface area contributed by atoms with Gasteiger partial charge in [0.05, 0.1) is 0 Å². The summed E-state index contributed by atoms with van der Waals surface area (Å²) < 4.78 is 27.3. The van der Waals surface area contributed by atoms with E-state index in [4.69, 9.17) is 11.6 Å². The molecule has 2 rings (SSSR count). The van der Waals surface area contributed by atoms with Crippen molar-refractivity contribution >= 4 is 11.6 Å². The van der Waals surface area contributed by atoms with E-state index < -0.39 is 11.6 Å². The maximum absolute atomic E-state index is 13.6. The summed E-state index contributed by atoms with van der Waals surface area (Å²) in [4.78, 5) is 0. The molecule has 0 atom stereocenters. The third kappa shape index (κ3) is 2.79. The normalized spacial score (nSPS) is 19.2. The summed E-state index contributed by atoms with van der Waals surface area (Å²) >= 11 is 6.05. The number of benzene rings is 1. The van der Waals surface area contributed by atoms with E-state index >= 15 is 0 Å². The van der Waals surface area contributed by atoms with Crippen molar-refractivity contribution in [2.45, 2.75) is 38.5 Å². The predicted octanol–water partition coefficient (Wildman–Crippen LogP) is 4.70. The molecule has 0 unspecified atom stereocenters. The first-order valence-electron chi connectivity index (χ1n) is 6.16. The zero-order valence-corrected chi connectivity index (χ0v) is 10.6. The molecule has 0 nitrogen and oxygen atoms in total. The van der Waals surface area contributed by atoms with Crippen molar-refractivity contribution in [1.29, 1.82) is 0 Å². The molecule has 17 heavy (non-hydrogen) atoms. The molecule has 1 saturated carbocycles. The quantitative estimate of drug-likeness (QED) is 0.690. The Kier molecular flexibility index (Phi) is 4.03. The Hall–Kier alpha value is -0.630. The molecule has 0 aromatic heterocycles. The van der Waals surface area contributed by atoms with Gasteiger partial charge in [-0.25, -0.2) is 8.78 Å². The highest BCUT2D eigenvalue weighted by Crippen LogP contribution is 2.41. The largest absolute Gasteiger partial charge is 0.207 e. The van der Waals surface area contributed by atoms with Crippen LogP contribution in [0.4, 0.5) is 8.78 Å². The molecule has 0 N–H and O–H groups in total. The van der Waals surface area contributed by atoms with E-state index in [1.54, 1.807) is 0 Å². The van der Waals surface area contributed by atoms with Crippen molar-refractivity contribution in [3.63, 3.8) is 0 Å². The van der Waals surface area contributed by atoms with E-state index in [2.05, 4.69) is 0 Å². The monoisotopic (exact) mass is 258 g/mol. The van der Waals surface area contributed by atoms with Gasteiger partial charge in [0.1, 0.15) is 11.6 Å². The first-order chi connectivity index (χ1) is 8.17. The first-order valence-corrected chi connectivity index (χ1v) is 6.69. The lowest BCUT2D eigenvalue weighted by Gasteiger charge is -2.35. The Bertz CT molecular complexity index is 364. The summed E-state index contributed by atoms with van der Waals surface area (Å²) in [6.45, 7) is 0. The van der Waals surface area contributed by atoms with Crippen molar-refractivity contribution < 1.29 is 8.78 Å². The molecule has 0 spiro atoms. The van der Waals surface area contributed by atoms with E-state index in [1.165, 1.54) is 24.6 Å². The van der Waals surface area contributed by atoms with Crippen LogP contribution in [0, 0.1) is 17.0 Å². The molecular formula is C14H17ClF2. The molecule has 1 aromatic rings. The number of alkyl halides is 1. The summed E-state index contributed by atoms with van der Waals surface area (Å²) in [5.41, 5.74) is 0.0955. The number of halogens is 3. The van der Waals surface area contributed by atoms with Crippen LogP contribution >= 0.6 is 11.6 Å². The molecule has 3 heteroatoms. The van der Waals surface area contributed by atoms with Crippen molar-refractivity contribution in [3.05, 3.63) is 35.4 Å². The van der Waals surface area contributed by atoms with Crippen LogP contribution in [0.1, 0.15) is 37.7 Å². The Labute approximate surface area is 106 Å². The maximum Gasteiger partial charge on any atom is 0.129 e. The smallest absolute Gasteiger partial charge is 0.129 e. The Balaban J connectivity index is 2.23. The fraction of sp³-hybridized carbons (Fsp3) is 0.571. The molecule has 0 bridgehead atoms. The molecule has 0 saturated heterocycles. The van der Waals surface area contributed by atoms with Crippen LogP contribution < -0.4 is 0 Å². The van der Waals surface area contributed by atoms with Crippen molar-refractivity contribution in [2.75, 3.05) is 5.88 Å². The van der Waals surface area contributed by atoms with Crippen LogP contribution in [0.25, 0.3) is 0 Å². The second-order valence-electron chi connectivity index (χ2n) is 5.07. The second-order valence-corrected chi connectivity index (χ2v) is 5.34. The summed E-state index contributed by atoms with van der Waals surface area (Å²) in [7, 11) is 0. The van der Waals surface area contributed by atoms with Gasteiger partial charge in [-0.1, -0.05) is 25.3 Å². The van der Waals surface area contributed by atoms with Crippen molar-refractivity contribution in [2.24, 2.45) is 5.41 Å². The fourth-order valence-corrected chi connectivity index (χ4v) is 3.10. The van der Waals surface area contributed by atoms with E-state index in [0.29, 0.717) is 12.3 Å². The van der Waals surface area contributed by atoms with Gasteiger partial charge in [0.2, 0.25) is 0 Å².